The molecule has 0 aliphatic carbocycles. The summed E-state index contributed by atoms with van der Waals surface area (Å²) in [6, 6.07) is 3.84. The fourth-order valence-electron chi connectivity index (χ4n) is 1.68. The van der Waals surface area contributed by atoms with Crippen LogP contribution >= 0.6 is 11.6 Å². The Labute approximate surface area is 116 Å². The van der Waals surface area contributed by atoms with Crippen LogP contribution in [0.1, 0.15) is 21.7 Å². The lowest BCUT2D eigenvalue weighted by molar-refractivity contribution is 0.0948. The van der Waals surface area contributed by atoms with Crippen LogP contribution in [-0.4, -0.2) is 27.2 Å². The Bertz CT molecular complexity index is 580. The van der Waals surface area contributed by atoms with Gasteiger partial charge in [-0.3, -0.25) is 14.5 Å². The first-order valence-electron chi connectivity index (χ1n) is 5.96. The van der Waals surface area contributed by atoms with Gasteiger partial charge in [-0.05, 0) is 25.0 Å². The molecule has 1 N–H and O–H groups in total. The molecular formula is C13H15ClN4O. The van der Waals surface area contributed by atoms with Crippen molar-refractivity contribution in [3.63, 3.8) is 0 Å². The highest BCUT2D eigenvalue weighted by Gasteiger charge is 2.17. The Hall–Kier alpha value is -1.88. The largest absolute Gasteiger partial charge is 0.350 e. The molecule has 0 saturated heterocycles. The molecule has 0 unspecified atom stereocenters. The van der Waals surface area contributed by atoms with E-state index in [2.05, 4.69) is 15.4 Å². The van der Waals surface area contributed by atoms with Crippen molar-refractivity contribution in [3.8, 4) is 0 Å². The molecule has 0 atom stereocenters. The second-order valence-electron chi connectivity index (χ2n) is 4.24. The van der Waals surface area contributed by atoms with Crippen LogP contribution in [0.5, 0.6) is 0 Å². The van der Waals surface area contributed by atoms with Gasteiger partial charge in [0.1, 0.15) is 0 Å². The fraction of sp³-hybridized carbons (Fsp3) is 0.308. The molecule has 0 saturated carbocycles. The Morgan fingerprint density at radius 2 is 2.32 bits per heavy atom. The lowest BCUT2D eigenvalue weighted by Crippen LogP contribution is -2.26. The van der Waals surface area contributed by atoms with Crippen LogP contribution in [0, 0.1) is 6.92 Å². The molecule has 2 aromatic heterocycles. The van der Waals surface area contributed by atoms with Gasteiger partial charge >= 0.3 is 0 Å². The molecule has 5 nitrogen and oxygen atoms in total. The van der Waals surface area contributed by atoms with Gasteiger partial charge in [-0.25, -0.2) is 0 Å². The zero-order chi connectivity index (χ0) is 13.8. The summed E-state index contributed by atoms with van der Waals surface area (Å²) in [6.07, 6.45) is 4.23. The molecule has 100 valence electrons. The molecule has 0 aromatic carbocycles. The maximum atomic E-state index is 11.9. The van der Waals surface area contributed by atoms with E-state index in [0.29, 0.717) is 11.6 Å². The Balaban J connectivity index is 1.93. The number of hydrogen-bond donors (Lipinski definition) is 1. The molecule has 0 bridgehead atoms. The van der Waals surface area contributed by atoms with Gasteiger partial charge in [0.05, 0.1) is 10.7 Å². The fourth-order valence-corrected chi connectivity index (χ4v) is 1.92. The van der Waals surface area contributed by atoms with Crippen molar-refractivity contribution in [2.45, 2.75) is 13.3 Å². The smallest absolute Gasteiger partial charge is 0.273 e. The van der Waals surface area contributed by atoms with Crippen molar-refractivity contribution in [2.24, 2.45) is 7.05 Å². The zero-order valence-electron chi connectivity index (χ0n) is 10.9. The molecule has 0 spiro atoms. The number of amides is 1. The third-order valence-corrected chi connectivity index (χ3v) is 3.35. The van der Waals surface area contributed by atoms with Crippen molar-refractivity contribution in [1.29, 1.82) is 0 Å². The van der Waals surface area contributed by atoms with Gasteiger partial charge in [-0.1, -0.05) is 17.7 Å². The summed E-state index contributed by atoms with van der Waals surface area (Å²) in [4.78, 5) is 16.0. The van der Waals surface area contributed by atoms with Crippen molar-refractivity contribution in [3.05, 3.63) is 46.5 Å². The van der Waals surface area contributed by atoms with E-state index in [1.165, 1.54) is 0 Å². The third kappa shape index (κ3) is 3.12. The number of aryl methyl sites for hydroxylation is 1. The second kappa shape index (κ2) is 5.84. The van der Waals surface area contributed by atoms with E-state index < -0.39 is 0 Å². The van der Waals surface area contributed by atoms with E-state index in [4.69, 9.17) is 11.6 Å². The minimum Gasteiger partial charge on any atom is -0.350 e. The van der Waals surface area contributed by atoms with Gasteiger partial charge in [0.25, 0.3) is 5.91 Å². The minimum absolute atomic E-state index is 0.252. The van der Waals surface area contributed by atoms with Crippen LogP contribution in [0.3, 0.4) is 0 Å². The maximum absolute atomic E-state index is 11.9. The number of rotatable bonds is 4. The number of hydrogen-bond acceptors (Lipinski definition) is 3. The first-order valence-corrected chi connectivity index (χ1v) is 6.33. The average Bonchev–Trinajstić information content (AvgIpc) is 2.68. The lowest BCUT2D eigenvalue weighted by Gasteiger charge is -2.03. The van der Waals surface area contributed by atoms with Crippen molar-refractivity contribution < 1.29 is 4.79 Å². The quantitative estimate of drug-likeness (QED) is 0.927. The Kier molecular flexibility index (Phi) is 4.16. The standard InChI is InChI=1S/C13H15ClN4O/c1-9-11(14)12(17-18(9)2)13(19)16-7-5-10-4-3-6-15-8-10/h3-4,6,8H,5,7H2,1-2H3,(H,16,19). The molecule has 0 fully saturated rings. The van der Waals surface area contributed by atoms with E-state index in [1.807, 2.05) is 19.1 Å². The number of pyridine rings is 1. The number of carbonyl (C=O) groups excluding carboxylic acids is 1. The number of nitrogens with zero attached hydrogens (tertiary/aromatic N) is 3. The molecule has 1 amide bonds. The van der Waals surface area contributed by atoms with Gasteiger partial charge in [-0.2, -0.15) is 5.10 Å². The maximum Gasteiger partial charge on any atom is 0.273 e. The predicted octanol–water partition coefficient (Wildman–Crippen LogP) is 1.75. The van der Waals surface area contributed by atoms with E-state index >= 15 is 0 Å². The summed E-state index contributed by atoms with van der Waals surface area (Å²) in [7, 11) is 1.76. The second-order valence-corrected chi connectivity index (χ2v) is 4.62. The predicted molar refractivity (Wildman–Crippen MR) is 73.2 cm³/mol. The molecule has 0 radical (unpaired) electrons. The van der Waals surface area contributed by atoms with E-state index in [-0.39, 0.29) is 11.6 Å². The zero-order valence-corrected chi connectivity index (χ0v) is 11.6. The van der Waals surface area contributed by atoms with Crippen LogP contribution < -0.4 is 5.32 Å². The number of halogens is 1. The Morgan fingerprint density at radius 3 is 2.89 bits per heavy atom. The minimum atomic E-state index is -0.252. The van der Waals surface area contributed by atoms with Crippen molar-refractivity contribution in [2.75, 3.05) is 6.54 Å². The summed E-state index contributed by atoms with van der Waals surface area (Å²) >= 11 is 6.05. The summed E-state index contributed by atoms with van der Waals surface area (Å²) in [6.45, 7) is 2.35. The van der Waals surface area contributed by atoms with Gasteiger partial charge in [-0.15, -0.1) is 0 Å². The van der Waals surface area contributed by atoms with Gasteiger partial charge in [0.2, 0.25) is 0 Å². The van der Waals surface area contributed by atoms with E-state index in [0.717, 1.165) is 17.7 Å². The van der Waals surface area contributed by atoms with Gasteiger partial charge < -0.3 is 5.32 Å². The molecule has 19 heavy (non-hydrogen) atoms. The molecule has 2 rings (SSSR count). The summed E-state index contributed by atoms with van der Waals surface area (Å²) in [5.74, 6) is -0.252. The highest BCUT2D eigenvalue weighted by Crippen LogP contribution is 2.18. The van der Waals surface area contributed by atoms with E-state index in [9.17, 15) is 4.79 Å². The lowest BCUT2D eigenvalue weighted by atomic mass is 10.2. The number of carbonyl (C=O) groups is 1. The normalized spacial score (nSPS) is 10.5. The highest BCUT2D eigenvalue weighted by atomic mass is 35.5. The van der Waals surface area contributed by atoms with Crippen molar-refractivity contribution in [1.82, 2.24) is 20.1 Å². The first kappa shape index (κ1) is 13.5. The molecule has 2 heterocycles. The van der Waals surface area contributed by atoms with Crippen LogP contribution in [0.2, 0.25) is 5.02 Å². The van der Waals surface area contributed by atoms with E-state index in [1.54, 1.807) is 24.1 Å². The van der Waals surface area contributed by atoms with Gasteiger partial charge in [0, 0.05) is 26.0 Å². The Morgan fingerprint density at radius 1 is 1.53 bits per heavy atom. The summed E-state index contributed by atoms with van der Waals surface area (Å²) in [5, 5.41) is 7.30. The van der Waals surface area contributed by atoms with Crippen LogP contribution in [-0.2, 0) is 13.5 Å². The monoisotopic (exact) mass is 278 g/mol. The van der Waals surface area contributed by atoms with Crippen LogP contribution in [0.4, 0.5) is 0 Å². The molecule has 0 aliphatic rings. The third-order valence-electron chi connectivity index (χ3n) is 2.90. The first-order chi connectivity index (χ1) is 9.09. The molecular weight excluding hydrogens is 264 g/mol. The highest BCUT2D eigenvalue weighted by molar-refractivity contribution is 6.34. The number of aromatic nitrogens is 3. The summed E-state index contributed by atoms with van der Waals surface area (Å²) < 4.78 is 1.60. The average molecular weight is 279 g/mol. The summed E-state index contributed by atoms with van der Waals surface area (Å²) in [5.41, 5.74) is 2.12. The molecule has 6 heteroatoms. The SMILES string of the molecule is Cc1c(Cl)c(C(=O)NCCc2cccnc2)nn1C. The number of nitrogens with one attached hydrogen (secondary N) is 1. The van der Waals surface area contributed by atoms with Crippen molar-refractivity contribution >= 4 is 17.5 Å². The van der Waals surface area contributed by atoms with Crippen LogP contribution in [0.25, 0.3) is 0 Å². The van der Waals surface area contributed by atoms with Gasteiger partial charge in [0.15, 0.2) is 5.69 Å². The van der Waals surface area contributed by atoms with Crippen LogP contribution in [0.15, 0.2) is 24.5 Å². The molecule has 0 aliphatic heterocycles. The molecule has 2 aromatic rings. The topological polar surface area (TPSA) is 59.8 Å².